The van der Waals surface area contributed by atoms with Crippen LogP contribution in [0.2, 0.25) is 0 Å². The van der Waals surface area contributed by atoms with E-state index in [0.29, 0.717) is 36.6 Å². The molecule has 0 spiro atoms. The Morgan fingerprint density at radius 1 is 1.12 bits per heavy atom. The first kappa shape index (κ1) is 24.4. The van der Waals surface area contributed by atoms with Crippen molar-refractivity contribution < 1.29 is 19.1 Å². The number of morpholine rings is 1. The van der Waals surface area contributed by atoms with Gasteiger partial charge in [0.1, 0.15) is 0 Å². The van der Waals surface area contributed by atoms with Gasteiger partial charge in [0.2, 0.25) is 11.8 Å². The number of allylic oxidation sites excluding steroid dienone is 2. The Morgan fingerprint density at radius 3 is 2.53 bits per heavy atom. The molecule has 1 aliphatic carbocycles. The van der Waals surface area contributed by atoms with Crippen molar-refractivity contribution in [1.82, 2.24) is 15.6 Å². The summed E-state index contributed by atoms with van der Waals surface area (Å²) in [5, 5.41) is 4.43. The zero-order valence-electron chi connectivity index (χ0n) is 20.2. The molecule has 0 aromatic heterocycles. The maximum atomic E-state index is 13.1. The lowest BCUT2D eigenvalue weighted by molar-refractivity contribution is -0.139. The molecule has 4 rings (SSSR count). The quantitative estimate of drug-likeness (QED) is 0.572. The average molecular weight is 469 g/mol. The fourth-order valence-electron chi connectivity index (χ4n) is 5.40. The SMILES string of the molecule is CCC(CC)C(CNC(=O)c1cccc(N2NC(=O)C3CC=CCC3C2=O)c1)N1CCOCC1. The molecule has 2 fully saturated rings. The lowest BCUT2D eigenvalue weighted by Crippen LogP contribution is -2.59. The number of rotatable bonds is 8. The van der Waals surface area contributed by atoms with E-state index < -0.39 is 0 Å². The molecule has 3 unspecified atom stereocenters. The molecule has 8 heteroatoms. The minimum atomic E-state index is -0.356. The largest absolute Gasteiger partial charge is 0.379 e. The Bertz CT molecular complexity index is 923. The van der Waals surface area contributed by atoms with Crippen molar-refractivity contribution >= 4 is 23.4 Å². The number of nitrogens with one attached hydrogen (secondary N) is 2. The highest BCUT2D eigenvalue weighted by Gasteiger charge is 2.42. The topological polar surface area (TPSA) is 91.0 Å². The summed E-state index contributed by atoms with van der Waals surface area (Å²) >= 11 is 0. The van der Waals surface area contributed by atoms with Crippen LogP contribution in [0.15, 0.2) is 36.4 Å². The fourth-order valence-corrected chi connectivity index (χ4v) is 5.40. The third kappa shape index (κ3) is 5.18. The molecule has 8 nitrogen and oxygen atoms in total. The molecule has 0 radical (unpaired) electrons. The molecule has 184 valence electrons. The molecule has 2 N–H and O–H groups in total. The number of benzene rings is 1. The molecular weight excluding hydrogens is 432 g/mol. The highest BCUT2D eigenvalue weighted by molar-refractivity contribution is 6.05. The second-order valence-electron chi connectivity index (χ2n) is 9.36. The van der Waals surface area contributed by atoms with Gasteiger partial charge in [-0.15, -0.1) is 0 Å². The van der Waals surface area contributed by atoms with Gasteiger partial charge in [0.15, 0.2) is 0 Å². The number of hydrogen-bond acceptors (Lipinski definition) is 5. The highest BCUT2D eigenvalue weighted by Crippen LogP contribution is 2.32. The lowest BCUT2D eigenvalue weighted by atomic mass is 9.80. The van der Waals surface area contributed by atoms with Gasteiger partial charge in [-0.1, -0.05) is 44.9 Å². The first-order valence-electron chi connectivity index (χ1n) is 12.5. The molecule has 0 saturated carbocycles. The van der Waals surface area contributed by atoms with Crippen molar-refractivity contribution in [2.45, 2.75) is 45.6 Å². The van der Waals surface area contributed by atoms with Gasteiger partial charge in [0.25, 0.3) is 5.91 Å². The molecule has 3 atom stereocenters. The van der Waals surface area contributed by atoms with E-state index in [2.05, 4.69) is 29.5 Å². The van der Waals surface area contributed by atoms with Gasteiger partial charge in [-0.3, -0.25) is 24.7 Å². The van der Waals surface area contributed by atoms with Crippen molar-refractivity contribution in [1.29, 1.82) is 0 Å². The zero-order chi connectivity index (χ0) is 24.1. The number of carbonyl (C=O) groups is 3. The number of fused-ring (bicyclic) bond motifs is 1. The molecule has 1 aromatic rings. The van der Waals surface area contributed by atoms with Gasteiger partial charge >= 0.3 is 0 Å². The van der Waals surface area contributed by atoms with E-state index in [1.54, 1.807) is 24.3 Å². The number of hydrazine groups is 1. The molecule has 3 aliphatic rings. The molecule has 34 heavy (non-hydrogen) atoms. The van der Waals surface area contributed by atoms with Crippen LogP contribution in [0, 0.1) is 17.8 Å². The summed E-state index contributed by atoms with van der Waals surface area (Å²) in [7, 11) is 0. The Kier molecular flexibility index (Phi) is 8.00. The lowest BCUT2D eigenvalue weighted by Gasteiger charge is -2.39. The maximum absolute atomic E-state index is 13.1. The van der Waals surface area contributed by atoms with E-state index in [9.17, 15) is 14.4 Å². The number of amides is 3. The summed E-state index contributed by atoms with van der Waals surface area (Å²) in [6.07, 6.45) is 7.17. The summed E-state index contributed by atoms with van der Waals surface area (Å²) in [6, 6.07) is 7.16. The standard InChI is InChI=1S/C26H36N4O4/c1-3-18(4-2)23(29-12-14-34-15-13-29)17-27-24(31)19-8-7-9-20(16-19)30-26(33)22-11-6-5-10-21(22)25(32)28-30/h5-9,16,18,21-23H,3-4,10-15,17H2,1-2H3,(H,27,31)(H,28,32). The van der Waals surface area contributed by atoms with Crippen LogP contribution in [-0.4, -0.2) is 61.5 Å². The van der Waals surface area contributed by atoms with Crippen molar-refractivity contribution in [2.75, 3.05) is 37.9 Å². The van der Waals surface area contributed by atoms with Crippen LogP contribution in [0.3, 0.4) is 0 Å². The summed E-state index contributed by atoms with van der Waals surface area (Å²) in [5.41, 5.74) is 3.70. The van der Waals surface area contributed by atoms with E-state index in [4.69, 9.17) is 4.74 Å². The third-order valence-corrected chi connectivity index (χ3v) is 7.47. The van der Waals surface area contributed by atoms with Crippen LogP contribution in [0.4, 0.5) is 5.69 Å². The minimum Gasteiger partial charge on any atom is -0.379 e. The van der Waals surface area contributed by atoms with Crippen molar-refractivity contribution in [3.8, 4) is 0 Å². The predicted octanol–water partition coefficient (Wildman–Crippen LogP) is 2.51. The van der Waals surface area contributed by atoms with E-state index >= 15 is 0 Å². The number of carbonyl (C=O) groups excluding carboxylic acids is 3. The summed E-state index contributed by atoms with van der Waals surface area (Å²) < 4.78 is 5.52. The maximum Gasteiger partial charge on any atom is 0.251 e. The van der Waals surface area contributed by atoms with Crippen LogP contribution in [-0.2, 0) is 14.3 Å². The normalized spacial score (nSPS) is 24.0. The number of ether oxygens (including phenoxy) is 1. The second kappa shape index (κ2) is 11.1. The molecule has 2 heterocycles. The Morgan fingerprint density at radius 2 is 1.82 bits per heavy atom. The van der Waals surface area contributed by atoms with Gasteiger partial charge < -0.3 is 10.1 Å². The van der Waals surface area contributed by atoms with Crippen molar-refractivity contribution in [2.24, 2.45) is 17.8 Å². The van der Waals surface area contributed by atoms with E-state index in [1.807, 2.05) is 12.2 Å². The van der Waals surface area contributed by atoms with Crippen LogP contribution in [0.1, 0.15) is 49.9 Å². The molecule has 0 bridgehead atoms. The van der Waals surface area contributed by atoms with Gasteiger partial charge in [0, 0.05) is 31.2 Å². The second-order valence-corrected chi connectivity index (χ2v) is 9.36. The molecule has 1 aromatic carbocycles. The van der Waals surface area contributed by atoms with Crippen molar-refractivity contribution in [3.63, 3.8) is 0 Å². The van der Waals surface area contributed by atoms with E-state index in [0.717, 1.165) is 39.1 Å². The zero-order valence-corrected chi connectivity index (χ0v) is 20.2. The minimum absolute atomic E-state index is 0.132. The monoisotopic (exact) mass is 468 g/mol. The summed E-state index contributed by atoms with van der Waals surface area (Å²) in [6.45, 7) is 8.15. The Hall–Kier alpha value is -2.71. The van der Waals surface area contributed by atoms with Gasteiger partial charge in [0.05, 0.1) is 30.7 Å². The molecule has 2 aliphatic heterocycles. The first-order valence-corrected chi connectivity index (χ1v) is 12.5. The third-order valence-electron chi connectivity index (χ3n) is 7.47. The van der Waals surface area contributed by atoms with Gasteiger partial charge in [-0.25, -0.2) is 5.01 Å². The number of nitrogens with zero attached hydrogens (tertiary/aromatic N) is 2. The smallest absolute Gasteiger partial charge is 0.251 e. The average Bonchev–Trinajstić information content (AvgIpc) is 2.89. The van der Waals surface area contributed by atoms with Crippen LogP contribution < -0.4 is 15.8 Å². The Labute approximate surface area is 201 Å². The summed E-state index contributed by atoms with van der Waals surface area (Å²) in [4.78, 5) is 41.2. The van der Waals surface area contributed by atoms with Crippen LogP contribution in [0.5, 0.6) is 0 Å². The van der Waals surface area contributed by atoms with Crippen LogP contribution >= 0.6 is 0 Å². The van der Waals surface area contributed by atoms with E-state index in [-0.39, 0.29) is 35.6 Å². The molecule has 2 saturated heterocycles. The molecule has 3 amide bonds. The Balaban J connectivity index is 1.45. The first-order chi connectivity index (χ1) is 16.5. The molecular formula is C26H36N4O4. The van der Waals surface area contributed by atoms with Gasteiger partial charge in [-0.05, 0) is 37.0 Å². The summed E-state index contributed by atoms with van der Waals surface area (Å²) in [5.74, 6) is -0.647. The van der Waals surface area contributed by atoms with Crippen LogP contribution in [0.25, 0.3) is 0 Å². The number of anilines is 1. The fraction of sp³-hybridized carbons (Fsp3) is 0.577. The van der Waals surface area contributed by atoms with Crippen molar-refractivity contribution in [3.05, 3.63) is 42.0 Å². The number of hydrogen-bond donors (Lipinski definition) is 2. The van der Waals surface area contributed by atoms with Gasteiger partial charge in [-0.2, -0.15) is 0 Å². The van der Waals surface area contributed by atoms with E-state index in [1.165, 1.54) is 5.01 Å². The highest BCUT2D eigenvalue weighted by atomic mass is 16.5. The predicted molar refractivity (Wildman–Crippen MR) is 130 cm³/mol.